The van der Waals surface area contributed by atoms with Gasteiger partial charge in [-0.15, -0.1) is 0 Å². The average molecular weight is 197 g/mol. The smallest absolute Gasteiger partial charge is 0.112 e. The third-order valence-electron chi connectivity index (χ3n) is 2.27. The Hall–Kier alpha value is -0.750. The molecule has 0 saturated heterocycles. The molecule has 0 saturated carbocycles. The molecule has 72 valence electrons. The van der Waals surface area contributed by atoms with Crippen molar-refractivity contribution in [1.82, 2.24) is 0 Å². The Labute approximate surface area is 79.5 Å². The number of hydrogen-bond acceptors (Lipinski definition) is 2. The molecule has 0 spiro atoms. The van der Waals surface area contributed by atoms with Crippen LogP contribution in [0.3, 0.4) is 0 Å². The van der Waals surface area contributed by atoms with Gasteiger partial charge in [-0.1, -0.05) is 6.07 Å². The highest BCUT2D eigenvalue weighted by Gasteiger charge is 2.18. The zero-order valence-corrected chi connectivity index (χ0v) is 9.48. The molecule has 0 fully saturated rings. The maximum absolute atomic E-state index is 11.9. The third-order valence-corrected chi connectivity index (χ3v) is 3.94. The van der Waals surface area contributed by atoms with Crippen LogP contribution in [0.25, 0.3) is 0 Å². The summed E-state index contributed by atoms with van der Waals surface area (Å²) in [4.78, 5) is 0. The first-order valence-electron chi connectivity index (χ1n) is 4.25. The Morgan fingerprint density at radius 2 is 1.77 bits per heavy atom. The lowest BCUT2D eigenvalue weighted by Gasteiger charge is -2.15. The van der Waals surface area contributed by atoms with Crippen LogP contribution in [-0.2, 0) is 4.57 Å². The summed E-state index contributed by atoms with van der Waals surface area (Å²) < 4.78 is 11.9. The van der Waals surface area contributed by atoms with Crippen molar-refractivity contribution in [2.24, 2.45) is 0 Å². The van der Waals surface area contributed by atoms with E-state index in [2.05, 4.69) is 0 Å². The van der Waals surface area contributed by atoms with Gasteiger partial charge < -0.3 is 10.3 Å². The van der Waals surface area contributed by atoms with Gasteiger partial charge in [-0.3, -0.25) is 0 Å². The number of anilines is 1. The van der Waals surface area contributed by atoms with Gasteiger partial charge in [0.25, 0.3) is 0 Å². The zero-order chi connectivity index (χ0) is 10.2. The topological polar surface area (TPSA) is 43.1 Å². The lowest BCUT2D eigenvalue weighted by atomic mass is 10.1. The van der Waals surface area contributed by atoms with Crippen LogP contribution in [0, 0.1) is 13.8 Å². The van der Waals surface area contributed by atoms with Gasteiger partial charge in [0, 0.05) is 11.0 Å². The molecule has 0 bridgehead atoms. The van der Waals surface area contributed by atoms with E-state index < -0.39 is 7.14 Å². The largest absolute Gasteiger partial charge is 0.398 e. The van der Waals surface area contributed by atoms with E-state index in [0.717, 1.165) is 16.4 Å². The maximum atomic E-state index is 11.9. The molecule has 0 aromatic heterocycles. The summed E-state index contributed by atoms with van der Waals surface area (Å²) in [6.45, 7) is 7.49. The summed E-state index contributed by atoms with van der Waals surface area (Å²) in [5.41, 5.74) is 8.66. The number of hydrogen-bond donors (Lipinski definition) is 1. The van der Waals surface area contributed by atoms with E-state index >= 15 is 0 Å². The summed E-state index contributed by atoms with van der Waals surface area (Å²) in [5, 5.41) is 0.840. The summed E-state index contributed by atoms with van der Waals surface area (Å²) in [7, 11) is -2.25. The van der Waals surface area contributed by atoms with E-state index in [-0.39, 0.29) is 0 Å². The fourth-order valence-electron chi connectivity index (χ4n) is 1.54. The first-order chi connectivity index (χ1) is 5.84. The molecule has 0 heterocycles. The predicted octanol–water partition coefficient (Wildman–Crippen LogP) is 2.13. The second kappa shape index (κ2) is 3.19. The minimum absolute atomic E-state index is 0.649. The van der Waals surface area contributed by atoms with E-state index in [1.54, 1.807) is 13.3 Å². The molecule has 0 aliphatic heterocycles. The van der Waals surface area contributed by atoms with E-state index in [1.165, 1.54) is 0 Å². The predicted molar refractivity (Wildman–Crippen MR) is 59.4 cm³/mol. The highest BCUT2D eigenvalue weighted by molar-refractivity contribution is 7.70. The van der Waals surface area contributed by atoms with Crippen LogP contribution >= 0.6 is 7.14 Å². The normalized spacial score (nSPS) is 11.7. The van der Waals surface area contributed by atoms with Gasteiger partial charge in [0.05, 0.1) is 0 Å². The highest BCUT2D eigenvalue weighted by Crippen LogP contribution is 2.38. The van der Waals surface area contributed by atoms with Crippen LogP contribution in [0.2, 0.25) is 0 Å². The van der Waals surface area contributed by atoms with Crippen molar-refractivity contribution < 1.29 is 4.57 Å². The van der Waals surface area contributed by atoms with Gasteiger partial charge >= 0.3 is 0 Å². The second-order valence-corrected chi connectivity index (χ2v) is 6.95. The molecule has 1 aromatic rings. The Bertz CT molecular complexity index is 379. The monoisotopic (exact) mass is 197 g/mol. The fourth-order valence-corrected chi connectivity index (χ4v) is 3.22. The second-order valence-electron chi connectivity index (χ2n) is 3.80. The Morgan fingerprint density at radius 1 is 1.23 bits per heavy atom. The standard InChI is InChI=1S/C10H16NOP/c1-7-5-6-9(11)10(8(7)2)13(3,4)12/h5-6H,11H2,1-4H3. The van der Waals surface area contributed by atoms with Gasteiger partial charge in [-0.05, 0) is 44.4 Å². The van der Waals surface area contributed by atoms with Crippen LogP contribution in [0.4, 0.5) is 5.69 Å². The highest BCUT2D eigenvalue weighted by atomic mass is 31.2. The molecule has 13 heavy (non-hydrogen) atoms. The van der Waals surface area contributed by atoms with Gasteiger partial charge in [-0.25, -0.2) is 0 Å². The molecule has 0 unspecified atom stereocenters. The minimum Gasteiger partial charge on any atom is -0.398 e. The number of nitrogen functional groups attached to an aromatic ring is 1. The fraction of sp³-hybridized carbons (Fsp3) is 0.400. The minimum atomic E-state index is -2.25. The molecule has 0 aliphatic carbocycles. The molecule has 0 aliphatic rings. The van der Waals surface area contributed by atoms with Crippen molar-refractivity contribution >= 4 is 18.1 Å². The Balaban J connectivity index is 3.52. The van der Waals surface area contributed by atoms with Gasteiger partial charge in [0.15, 0.2) is 0 Å². The van der Waals surface area contributed by atoms with Crippen molar-refractivity contribution in [1.29, 1.82) is 0 Å². The quantitative estimate of drug-likeness (QED) is 0.553. The molecule has 2 N–H and O–H groups in total. The van der Waals surface area contributed by atoms with Crippen molar-refractivity contribution in [3.8, 4) is 0 Å². The van der Waals surface area contributed by atoms with E-state index in [1.807, 2.05) is 26.0 Å². The van der Waals surface area contributed by atoms with Crippen LogP contribution in [0.5, 0.6) is 0 Å². The maximum Gasteiger partial charge on any atom is 0.112 e. The molecule has 0 radical (unpaired) electrons. The summed E-state index contributed by atoms with van der Waals surface area (Å²) in [6, 6.07) is 3.79. The first kappa shape index (κ1) is 10.3. The SMILES string of the molecule is Cc1ccc(N)c(P(C)(C)=O)c1C. The van der Waals surface area contributed by atoms with Gasteiger partial charge in [0.1, 0.15) is 7.14 Å². The van der Waals surface area contributed by atoms with Crippen LogP contribution in [-0.4, -0.2) is 13.3 Å². The van der Waals surface area contributed by atoms with Crippen molar-refractivity contribution in [2.45, 2.75) is 13.8 Å². The summed E-state index contributed by atoms with van der Waals surface area (Å²) in [6.07, 6.45) is 0. The Morgan fingerprint density at radius 3 is 2.15 bits per heavy atom. The van der Waals surface area contributed by atoms with Crippen LogP contribution < -0.4 is 11.0 Å². The number of rotatable bonds is 1. The van der Waals surface area contributed by atoms with Gasteiger partial charge in [0.2, 0.25) is 0 Å². The molecule has 3 heteroatoms. The van der Waals surface area contributed by atoms with E-state index in [0.29, 0.717) is 5.69 Å². The molecule has 2 nitrogen and oxygen atoms in total. The summed E-state index contributed by atoms with van der Waals surface area (Å²) in [5.74, 6) is 0. The third kappa shape index (κ3) is 1.94. The molecule has 1 rings (SSSR count). The molecule has 0 amide bonds. The average Bonchev–Trinajstić information content (AvgIpc) is 1.95. The Kier molecular flexibility index (Phi) is 2.53. The molecule has 0 atom stereocenters. The van der Waals surface area contributed by atoms with Crippen molar-refractivity contribution in [2.75, 3.05) is 19.1 Å². The van der Waals surface area contributed by atoms with Crippen molar-refractivity contribution in [3.63, 3.8) is 0 Å². The first-order valence-corrected chi connectivity index (χ1v) is 6.85. The van der Waals surface area contributed by atoms with Gasteiger partial charge in [-0.2, -0.15) is 0 Å². The molecule has 1 aromatic carbocycles. The number of nitrogens with two attached hydrogens (primary N) is 1. The van der Waals surface area contributed by atoms with Crippen molar-refractivity contribution in [3.05, 3.63) is 23.3 Å². The lowest BCUT2D eigenvalue weighted by molar-refractivity contribution is 0.588. The van der Waals surface area contributed by atoms with E-state index in [4.69, 9.17) is 5.73 Å². The number of aryl methyl sites for hydroxylation is 1. The lowest BCUT2D eigenvalue weighted by Crippen LogP contribution is -2.14. The van der Waals surface area contributed by atoms with Crippen LogP contribution in [0.1, 0.15) is 11.1 Å². The summed E-state index contributed by atoms with van der Waals surface area (Å²) >= 11 is 0. The molecular weight excluding hydrogens is 181 g/mol. The zero-order valence-electron chi connectivity index (χ0n) is 8.59. The molecular formula is C10H16NOP. The number of benzene rings is 1. The van der Waals surface area contributed by atoms with Crippen LogP contribution in [0.15, 0.2) is 12.1 Å². The van der Waals surface area contributed by atoms with E-state index in [9.17, 15) is 4.57 Å².